The maximum absolute atomic E-state index is 10.4. The average Bonchev–Trinajstić information content (AvgIpc) is 2.53. The van der Waals surface area contributed by atoms with E-state index in [2.05, 4.69) is 0 Å². The zero-order valence-electron chi connectivity index (χ0n) is 8.84. The summed E-state index contributed by atoms with van der Waals surface area (Å²) >= 11 is 0. The molecular formula is C10H21NO2. The number of hydrogen-bond acceptors (Lipinski definition) is 3. The molecule has 78 valence electrons. The summed E-state index contributed by atoms with van der Waals surface area (Å²) in [4.78, 5) is 0. The fraction of sp³-hybridized carbons (Fsp3) is 1.00. The molecule has 0 aromatic heterocycles. The molecule has 3 N–H and O–H groups in total. The van der Waals surface area contributed by atoms with Crippen molar-refractivity contribution in [3.05, 3.63) is 0 Å². The summed E-state index contributed by atoms with van der Waals surface area (Å²) in [6.07, 6.45) is 0.870. The molecule has 0 aliphatic carbocycles. The third kappa shape index (κ3) is 1.60. The van der Waals surface area contributed by atoms with Crippen molar-refractivity contribution in [3.8, 4) is 0 Å². The summed E-state index contributed by atoms with van der Waals surface area (Å²) in [5.74, 6) is 0.206. The summed E-state index contributed by atoms with van der Waals surface area (Å²) in [6.45, 7) is 7.73. The molecule has 0 amide bonds. The molecule has 1 fully saturated rings. The molecule has 1 heterocycles. The van der Waals surface area contributed by atoms with Gasteiger partial charge in [0.1, 0.15) is 0 Å². The number of aliphatic hydroxyl groups is 1. The molecule has 1 aliphatic heterocycles. The van der Waals surface area contributed by atoms with Crippen LogP contribution in [-0.4, -0.2) is 30.5 Å². The Balaban J connectivity index is 2.86. The van der Waals surface area contributed by atoms with E-state index in [1.54, 1.807) is 0 Å². The van der Waals surface area contributed by atoms with Crippen molar-refractivity contribution in [2.24, 2.45) is 17.1 Å². The van der Waals surface area contributed by atoms with Crippen molar-refractivity contribution in [2.45, 2.75) is 32.8 Å². The van der Waals surface area contributed by atoms with E-state index < -0.39 is 5.60 Å². The van der Waals surface area contributed by atoms with Gasteiger partial charge < -0.3 is 15.6 Å². The standard InChI is InChI=1S/C10H21NO2/c1-8(2)9(3,12)10(6-11)4-5-13-7-10/h8,12H,4-7,11H2,1-3H3. The summed E-state index contributed by atoms with van der Waals surface area (Å²) in [5, 5.41) is 10.4. The summed E-state index contributed by atoms with van der Waals surface area (Å²) in [5.41, 5.74) is 4.79. The van der Waals surface area contributed by atoms with Crippen LogP contribution in [0.3, 0.4) is 0 Å². The van der Waals surface area contributed by atoms with Crippen LogP contribution in [0, 0.1) is 11.3 Å². The molecule has 13 heavy (non-hydrogen) atoms. The van der Waals surface area contributed by atoms with Gasteiger partial charge in [0.15, 0.2) is 0 Å². The van der Waals surface area contributed by atoms with Crippen LogP contribution in [0.25, 0.3) is 0 Å². The average molecular weight is 187 g/mol. The van der Waals surface area contributed by atoms with Gasteiger partial charge in [0, 0.05) is 18.6 Å². The minimum absolute atomic E-state index is 0.206. The van der Waals surface area contributed by atoms with Crippen LogP contribution in [0.5, 0.6) is 0 Å². The quantitative estimate of drug-likeness (QED) is 0.686. The van der Waals surface area contributed by atoms with Crippen LogP contribution >= 0.6 is 0 Å². The fourth-order valence-electron chi connectivity index (χ4n) is 1.99. The first-order chi connectivity index (χ1) is 5.96. The molecule has 0 aromatic carbocycles. The normalized spacial score (nSPS) is 33.7. The second-order valence-corrected chi connectivity index (χ2v) is 4.59. The molecule has 1 rings (SSSR count). The predicted octanol–water partition coefficient (Wildman–Crippen LogP) is 0.759. The van der Waals surface area contributed by atoms with Gasteiger partial charge in [0.05, 0.1) is 12.2 Å². The van der Waals surface area contributed by atoms with E-state index in [0.717, 1.165) is 13.0 Å². The number of hydrogen-bond donors (Lipinski definition) is 2. The lowest BCUT2D eigenvalue weighted by Crippen LogP contribution is -2.54. The molecule has 0 aromatic rings. The highest BCUT2D eigenvalue weighted by Gasteiger charge is 2.50. The molecule has 0 spiro atoms. The van der Waals surface area contributed by atoms with E-state index in [1.807, 2.05) is 20.8 Å². The van der Waals surface area contributed by atoms with Gasteiger partial charge in [0.25, 0.3) is 0 Å². The Morgan fingerprint density at radius 2 is 2.23 bits per heavy atom. The molecule has 0 bridgehead atoms. The summed E-state index contributed by atoms with van der Waals surface area (Å²) < 4.78 is 5.35. The first kappa shape index (κ1) is 11.0. The Morgan fingerprint density at radius 1 is 1.62 bits per heavy atom. The third-order valence-electron chi connectivity index (χ3n) is 3.69. The summed E-state index contributed by atoms with van der Waals surface area (Å²) in [6, 6.07) is 0. The van der Waals surface area contributed by atoms with Crippen molar-refractivity contribution in [1.82, 2.24) is 0 Å². The van der Waals surface area contributed by atoms with Crippen LogP contribution in [0.4, 0.5) is 0 Å². The Hall–Kier alpha value is -0.120. The van der Waals surface area contributed by atoms with Crippen LogP contribution in [0.2, 0.25) is 0 Å². The SMILES string of the molecule is CC(C)C(C)(O)C1(CN)CCOC1. The van der Waals surface area contributed by atoms with Gasteiger partial charge in [0.2, 0.25) is 0 Å². The highest BCUT2D eigenvalue weighted by Crippen LogP contribution is 2.42. The number of rotatable bonds is 3. The van der Waals surface area contributed by atoms with E-state index in [-0.39, 0.29) is 11.3 Å². The smallest absolute Gasteiger partial charge is 0.0733 e. The van der Waals surface area contributed by atoms with Crippen molar-refractivity contribution in [1.29, 1.82) is 0 Å². The Kier molecular flexibility index (Phi) is 3.00. The molecule has 3 heteroatoms. The second-order valence-electron chi connectivity index (χ2n) is 4.59. The van der Waals surface area contributed by atoms with Crippen molar-refractivity contribution in [3.63, 3.8) is 0 Å². The lowest BCUT2D eigenvalue weighted by atomic mass is 9.67. The van der Waals surface area contributed by atoms with Crippen molar-refractivity contribution >= 4 is 0 Å². The Bertz CT molecular complexity index is 172. The molecule has 1 saturated heterocycles. The summed E-state index contributed by atoms with van der Waals surface area (Å²) in [7, 11) is 0. The van der Waals surface area contributed by atoms with Crippen LogP contribution in [0.15, 0.2) is 0 Å². The van der Waals surface area contributed by atoms with Gasteiger partial charge in [-0.15, -0.1) is 0 Å². The van der Waals surface area contributed by atoms with Crippen molar-refractivity contribution in [2.75, 3.05) is 19.8 Å². The van der Waals surface area contributed by atoms with Crippen molar-refractivity contribution < 1.29 is 9.84 Å². The Labute approximate surface area is 80.3 Å². The molecule has 1 aliphatic rings. The fourth-order valence-corrected chi connectivity index (χ4v) is 1.99. The molecule has 2 atom stereocenters. The number of ether oxygens (including phenoxy) is 1. The second kappa shape index (κ2) is 3.56. The molecular weight excluding hydrogens is 166 g/mol. The largest absolute Gasteiger partial charge is 0.389 e. The lowest BCUT2D eigenvalue weighted by molar-refractivity contribution is -0.101. The minimum Gasteiger partial charge on any atom is -0.389 e. The van der Waals surface area contributed by atoms with Crippen LogP contribution in [-0.2, 0) is 4.74 Å². The minimum atomic E-state index is -0.724. The molecule has 0 radical (unpaired) electrons. The molecule has 2 unspecified atom stereocenters. The first-order valence-electron chi connectivity index (χ1n) is 4.96. The van der Waals surface area contributed by atoms with Gasteiger partial charge in [-0.25, -0.2) is 0 Å². The zero-order valence-corrected chi connectivity index (χ0v) is 8.84. The van der Waals surface area contributed by atoms with Gasteiger partial charge in [-0.1, -0.05) is 13.8 Å². The number of nitrogens with two attached hydrogens (primary N) is 1. The van der Waals surface area contributed by atoms with E-state index in [1.165, 1.54) is 0 Å². The van der Waals surface area contributed by atoms with Gasteiger partial charge >= 0.3 is 0 Å². The van der Waals surface area contributed by atoms with Gasteiger partial charge in [-0.2, -0.15) is 0 Å². The van der Waals surface area contributed by atoms with Gasteiger partial charge in [-0.3, -0.25) is 0 Å². The van der Waals surface area contributed by atoms with E-state index in [0.29, 0.717) is 13.2 Å². The highest BCUT2D eigenvalue weighted by atomic mass is 16.5. The predicted molar refractivity (Wildman–Crippen MR) is 52.4 cm³/mol. The van der Waals surface area contributed by atoms with Crippen LogP contribution in [0.1, 0.15) is 27.2 Å². The monoisotopic (exact) mass is 187 g/mol. The molecule has 3 nitrogen and oxygen atoms in total. The lowest BCUT2D eigenvalue weighted by Gasteiger charge is -2.43. The molecule has 0 saturated carbocycles. The van der Waals surface area contributed by atoms with E-state index >= 15 is 0 Å². The maximum Gasteiger partial charge on any atom is 0.0733 e. The van der Waals surface area contributed by atoms with Gasteiger partial charge in [-0.05, 0) is 19.3 Å². The third-order valence-corrected chi connectivity index (χ3v) is 3.69. The van der Waals surface area contributed by atoms with E-state index in [4.69, 9.17) is 10.5 Å². The van der Waals surface area contributed by atoms with Crippen LogP contribution < -0.4 is 5.73 Å². The highest BCUT2D eigenvalue weighted by molar-refractivity contribution is 5.00. The van der Waals surface area contributed by atoms with E-state index in [9.17, 15) is 5.11 Å². The topological polar surface area (TPSA) is 55.5 Å². The maximum atomic E-state index is 10.4. The Morgan fingerprint density at radius 3 is 2.54 bits per heavy atom. The zero-order chi connectivity index (χ0) is 10.1. The first-order valence-corrected chi connectivity index (χ1v) is 4.96.